The van der Waals surface area contributed by atoms with Gasteiger partial charge in [-0.2, -0.15) is 0 Å². The van der Waals surface area contributed by atoms with Crippen molar-refractivity contribution < 1.29 is 13.3 Å². The zero-order valence-corrected chi connectivity index (χ0v) is 59.7. The van der Waals surface area contributed by atoms with E-state index in [1.54, 1.807) is 0 Å². The number of furan rings is 3. The number of rotatable bonds is 15. The van der Waals surface area contributed by atoms with E-state index in [0.717, 1.165) is 184 Å². The van der Waals surface area contributed by atoms with Gasteiger partial charge in [0.1, 0.15) is 33.5 Å². The lowest BCUT2D eigenvalue weighted by atomic mass is 9.98. The van der Waals surface area contributed by atoms with Crippen molar-refractivity contribution >= 4 is 139 Å². The van der Waals surface area contributed by atoms with Gasteiger partial charge in [-0.05, 0) is 182 Å². The normalized spacial score (nSPS) is 11.6. The van der Waals surface area contributed by atoms with Gasteiger partial charge in [-0.15, -0.1) is 0 Å². The third-order valence-electron chi connectivity index (χ3n) is 21.9. The maximum atomic E-state index is 6.93. The SMILES string of the molecule is c1ccc(N(c2ccc(-c3ccc(-c4ccc(N(c5cccc(-c6ccc7oc8c(-c9ccc(N(c%10ccc(-c%11cccc%12c%11oc%11ccccc%11%12)cc%10)c%10ccc(-c%11cccc%12c%11oc%11ccccc%11%12)cc%10)cc9)cccc8c7c6)c5)c5cccc6ccccc56)cc4)cc3)cc2)c2cccc3ccccc23)cc1. The van der Waals surface area contributed by atoms with Crippen LogP contribution in [0.3, 0.4) is 0 Å². The molecule has 18 aromatic carbocycles. The van der Waals surface area contributed by atoms with Gasteiger partial charge in [-0.25, -0.2) is 0 Å². The third-order valence-corrected chi connectivity index (χ3v) is 21.9. The van der Waals surface area contributed by atoms with Crippen LogP contribution in [0.25, 0.3) is 154 Å². The molecule has 0 aliphatic rings. The largest absolute Gasteiger partial charge is 0.455 e. The van der Waals surface area contributed by atoms with Crippen LogP contribution < -0.4 is 14.7 Å². The van der Waals surface area contributed by atoms with Crippen molar-refractivity contribution in [2.45, 2.75) is 0 Å². The molecule has 3 heterocycles. The van der Waals surface area contributed by atoms with Gasteiger partial charge in [0.2, 0.25) is 0 Å². The topological polar surface area (TPSA) is 49.1 Å². The molecule has 6 nitrogen and oxygen atoms in total. The summed E-state index contributed by atoms with van der Waals surface area (Å²) < 4.78 is 20.0. The quantitative estimate of drug-likeness (QED) is 0.102. The van der Waals surface area contributed by atoms with Gasteiger partial charge in [0, 0.05) is 99.6 Å². The highest BCUT2D eigenvalue weighted by Gasteiger charge is 2.23. The van der Waals surface area contributed by atoms with E-state index in [4.69, 9.17) is 13.3 Å². The highest BCUT2D eigenvalue weighted by molar-refractivity contribution is 6.13. The predicted octanol–water partition coefficient (Wildman–Crippen LogP) is 30.1. The van der Waals surface area contributed by atoms with Crippen LogP contribution >= 0.6 is 0 Å². The number of benzene rings is 18. The molecule has 0 fully saturated rings. The number of anilines is 9. The Morgan fingerprint density at radius 1 is 0.155 bits per heavy atom. The van der Waals surface area contributed by atoms with Crippen molar-refractivity contribution in [1.29, 1.82) is 0 Å². The Morgan fingerprint density at radius 3 is 0.900 bits per heavy atom. The van der Waals surface area contributed by atoms with E-state index in [1.807, 2.05) is 24.3 Å². The van der Waals surface area contributed by atoms with Crippen LogP contribution in [0.2, 0.25) is 0 Å². The van der Waals surface area contributed by atoms with Crippen LogP contribution in [-0.4, -0.2) is 0 Å². The van der Waals surface area contributed by atoms with Gasteiger partial charge in [0.05, 0.1) is 11.4 Å². The highest BCUT2D eigenvalue weighted by atomic mass is 16.3. The van der Waals surface area contributed by atoms with Gasteiger partial charge in [-0.1, -0.05) is 285 Å². The molecule has 21 aromatic rings. The minimum absolute atomic E-state index is 0.833. The van der Waals surface area contributed by atoms with Crippen molar-refractivity contribution in [2.75, 3.05) is 14.7 Å². The minimum atomic E-state index is 0.833. The first-order valence-corrected chi connectivity index (χ1v) is 37.4. The fourth-order valence-corrected chi connectivity index (χ4v) is 16.5. The maximum absolute atomic E-state index is 6.93. The van der Waals surface area contributed by atoms with E-state index in [9.17, 15) is 0 Å². The second-order valence-corrected chi connectivity index (χ2v) is 28.3. The molecule has 110 heavy (non-hydrogen) atoms. The molecule has 0 atom stereocenters. The summed E-state index contributed by atoms with van der Waals surface area (Å²) in [5.74, 6) is 0. The number of fused-ring (bicyclic) bond motifs is 11. The Labute approximate surface area is 635 Å². The van der Waals surface area contributed by atoms with E-state index in [0.29, 0.717) is 0 Å². The molecule has 0 bridgehead atoms. The number of nitrogens with zero attached hydrogens (tertiary/aromatic N) is 3. The Balaban J connectivity index is 0.580. The lowest BCUT2D eigenvalue weighted by molar-refractivity contribution is 0.669. The monoisotopic (exact) mass is 1410 g/mol. The second kappa shape index (κ2) is 26.7. The second-order valence-electron chi connectivity index (χ2n) is 28.3. The van der Waals surface area contributed by atoms with Crippen LogP contribution in [-0.2, 0) is 0 Å². The lowest BCUT2D eigenvalue weighted by Crippen LogP contribution is -2.10. The molecule has 0 radical (unpaired) electrons. The van der Waals surface area contributed by atoms with Gasteiger partial charge >= 0.3 is 0 Å². The smallest absolute Gasteiger partial charge is 0.143 e. The average Bonchev–Trinajstić information content (AvgIpc) is 1.50. The number of hydrogen-bond acceptors (Lipinski definition) is 6. The molecule has 6 heteroatoms. The average molecular weight is 1410 g/mol. The van der Waals surface area contributed by atoms with Gasteiger partial charge in [0.15, 0.2) is 0 Å². The third kappa shape index (κ3) is 11.2. The fraction of sp³-hybridized carbons (Fsp3) is 0. The Hall–Kier alpha value is -14.7. The van der Waals surface area contributed by atoms with E-state index < -0.39 is 0 Å². The number of hydrogen-bond donors (Lipinski definition) is 0. The number of para-hydroxylation sites is 6. The first-order chi connectivity index (χ1) is 54.5. The molecule has 0 N–H and O–H groups in total. The fourth-order valence-electron chi connectivity index (χ4n) is 16.5. The van der Waals surface area contributed by atoms with Gasteiger partial charge in [0.25, 0.3) is 0 Å². The summed E-state index contributed by atoms with van der Waals surface area (Å²) in [5.41, 5.74) is 28.0. The summed E-state index contributed by atoms with van der Waals surface area (Å²) in [5, 5.41) is 11.3. The molecular weight excluding hydrogens is 1340 g/mol. The van der Waals surface area contributed by atoms with Crippen molar-refractivity contribution in [3.8, 4) is 66.8 Å². The summed E-state index contributed by atoms with van der Waals surface area (Å²) in [6, 6.07) is 146. The lowest BCUT2D eigenvalue weighted by Gasteiger charge is -2.27. The van der Waals surface area contributed by atoms with E-state index in [-0.39, 0.29) is 0 Å². The van der Waals surface area contributed by atoms with Gasteiger partial charge in [-0.3, -0.25) is 0 Å². The molecule has 0 spiro atoms. The van der Waals surface area contributed by atoms with Crippen LogP contribution in [0.15, 0.2) is 420 Å². The molecule has 0 amide bonds. The van der Waals surface area contributed by atoms with Crippen molar-refractivity contribution in [3.05, 3.63) is 406 Å². The van der Waals surface area contributed by atoms with Crippen molar-refractivity contribution in [2.24, 2.45) is 0 Å². The standard InChI is InChI=1S/C104H67N3O3/c1-2-23-79(24-3-1)106(97-36-13-20-72-18-4-6-26-86(72)97)83-55-44-70(45-56-83)68-40-42-69(43-41-68)71-46-57-84(58-47-71)107(98-37-14-21-73-19-5-7-27-87(73)98)85-25-12-22-77(66-85)78-54-65-101-96(67-78)95-35-17-32-90(104(95)110-101)76-52-63-82(64-53-76)105(80-59-48-74(49-60-80)88-30-15-33-93-91-28-8-10-38-99(91)108-102(88)93)81-61-50-75(51-62-81)89-31-16-34-94-92-29-9-11-39-100(92)109-103(89)94/h1-67H. The summed E-state index contributed by atoms with van der Waals surface area (Å²) in [7, 11) is 0. The predicted molar refractivity (Wildman–Crippen MR) is 460 cm³/mol. The molecule has 0 aliphatic heterocycles. The Kier molecular flexibility index (Phi) is 15.5. The van der Waals surface area contributed by atoms with Crippen LogP contribution in [0.5, 0.6) is 0 Å². The summed E-state index contributed by atoms with van der Waals surface area (Å²) in [6.07, 6.45) is 0. The van der Waals surface area contributed by atoms with E-state index >= 15 is 0 Å². The van der Waals surface area contributed by atoms with E-state index in [2.05, 4.69) is 397 Å². The molecular formula is C104H67N3O3. The molecule has 21 rings (SSSR count). The minimum Gasteiger partial charge on any atom is -0.455 e. The first-order valence-electron chi connectivity index (χ1n) is 37.4. The zero-order chi connectivity index (χ0) is 72.6. The molecule has 516 valence electrons. The first kappa shape index (κ1) is 63.7. The zero-order valence-electron chi connectivity index (χ0n) is 59.7. The summed E-state index contributed by atoms with van der Waals surface area (Å²) in [4.78, 5) is 7.07. The van der Waals surface area contributed by atoms with E-state index in [1.165, 1.54) is 21.5 Å². The van der Waals surface area contributed by atoms with Crippen molar-refractivity contribution in [3.63, 3.8) is 0 Å². The highest BCUT2D eigenvalue weighted by Crippen LogP contribution is 2.47. The maximum Gasteiger partial charge on any atom is 0.143 e. The molecule has 0 aliphatic carbocycles. The van der Waals surface area contributed by atoms with Crippen LogP contribution in [0.1, 0.15) is 0 Å². The van der Waals surface area contributed by atoms with Crippen molar-refractivity contribution in [1.82, 2.24) is 0 Å². The van der Waals surface area contributed by atoms with Gasteiger partial charge < -0.3 is 28.0 Å². The van der Waals surface area contributed by atoms with Crippen LogP contribution in [0, 0.1) is 0 Å². The Morgan fingerprint density at radius 2 is 0.445 bits per heavy atom. The molecule has 0 saturated heterocycles. The Bertz CT molecular complexity index is 6890. The summed E-state index contributed by atoms with van der Waals surface area (Å²) >= 11 is 0. The molecule has 0 saturated carbocycles. The molecule has 3 aromatic heterocycles. The van der Waals surface area contributed by atoms with Crippen LogP contribution in [0.4, 0.5) is 51.2 Å². The summed E-state index contributed by atoms with van der Waals surface area (Å²) in [6.45, 7) is 0. The molecule has 0 unspecified atom stereocenters.